The minimum absolute atomic E-state index is 0.0765. The maximum atomic E-state index is 12.8. The molecule has 0 radical (unpaired) electrons. The summed E-state index contributed by atoms with van der Waals surface area (Å²) in [6.45, 7) is 3.52. The molecule has 138 valence electrons. The van der Waals surface area contributed by atoms with E-state index in [2.05, 4.69) is 20.2 Å². The summed E-state index contributed by atoms with van der Waals surface area (Å²) in [5.74, 6) is 1.56. The monoisotopic (exact) mass is 374 g/mol. The molecule has 0 spiro atoms. The molecular weight excluding hydrogens is 352 g/mol. The van der Waals surface area contributed by atoms with E-state index >= 15 is 0 Å². The van der Waals surface area contributed by atoms with Gasteiger partial charge in [-0.15, -0.1) is 11.3 Å². The van der Waals surface area contributed by atoms with Gasteiger partial charge in [-0.25, -0.2) is 9.97 Å². The number of H-pyrrole nitrogens is 1. The standard InChI is InChI=1S/C17H22N6O2S/c1-11-19-15(21-20-11)4-5-16(24)22-6-12-2-3-14(8-22)23(17(12)25)7-13-9-26-10-18-13/h9-10,12,14H,2-8H2,1H3,(H,19,20,21)/t12-,14+/m0/s1. The number of carbonyl (C=O) groups is 2. The number of fused-ring (bicyclic) bond motifs is 4. The van der Waals surface area contributed by atoms with Crippen LogP contribution in [-0.2, 0) is 22.6 Å². The van der Waals surface area contributed by atoms with E-state index in [-0.39, 0.29) is 23.8 Å². The highest BCUT2D eigenvalue weighted by atomic mass is 32.1. The molecule has 2 atom stereocenters. The summed E-state index contributed by atoms with van der Waals surface area (Å²) in [6, 6.07) is 0.0812. The number of aromatic amines is 1. The molecule has 3 aliphatic rings. The third-order valence-corrected chi connectivity index (χ3v) is 5.80. The van der Waals surface area contributed by atoms with Crippen LogP contribution in [0.1, 0.15) is 36.6 Å². The second-order valence-electron chi connectivity index (χ2n) is 7.01. The first-order chi connectivity index (χ1) is 12.6. The molecule has 2 aromatic heterocycles. The molecule has 2 amide bonds. The Morgan fingerprint density at radius 1 is 1.38 bits per heavy atom. The van der Waals surface area contributed by atoms with Gasteiger partial charge in [-0.2, -0.15) is 5.10 Å². The lowest BCUT2D eigenvalue weighted by Gasteiger charge is -2.35. The highest BCUT2D eigenvalue weighted by Crippen LogP contribution is 2.30. The minimum atomic E-state index is -0.0953. The Morgan fingerprint density at radius 2 is 2.27 bits per heavy atom. The highest BCUT2D eigenvalue weighted by molar-refractivity contribution is 7.07. The van der Waals surface area contributed by atoms with E-state index in [4.69, 9.17) is 0 Å². The third kappa shape index (κ3) is 3.48. The molecule has 0 unspecified atom stereocenters. The van der Waals surface area contributed by atoms with Crippen molar-refractivity contribution in [1.29, 1.82) is 0 Å². The van der Waals surface area contributed by atoms with Gasteiger partial charge in [0, 0.05) is 37.4 Å². The first-order valence-electron chi connectivity index (χ1n) is 8.93. The van der Waals surface area contributed by atoms with Crippen molar-refractivity contribution in [3.63, 3.8) is 0 Å². The van der Waals surface area contributed by atoms with Crippen LogP contribution in [0.15, 0.2) is 10.9 Å². The molecule has 1 N–H and O–H groups in total. The predicted octanol–water partition coefficient (Wildman–Crippen LogP) is 1.15. The number of amides is 2. The Kier molecular flexibility index (Phi) is 4.71. The van der Waals surface area contributed by atoms with Crippen molar-refractivity contribution >= 4 is 23.2 Å². The fraction of sp³-hybridized carbons (Fsp3) is 0.588. The first kappa shape index (κ1) is 17.1. The molecule has 3 aliphatic heterocycles. The normalized spacial score (nSPS) is 22.7. The molecule has 2 bridgehead atoms. The molecule has 2 aromatic rings. The lowest BCUT2D eigenvalue weighted by Crippen LogP contribution is -2.47. The van der Waals surface area contributed by atoms with Crippen molar-refractivity contribution in [2.24, 2.45) is 5.92 Å². The summed E-state index contributed by atoms with van der Waals surface area (Å²) in [5, 5.41) is 8.86. The third-order valence-electron chi connectivity index (χ3n) is 5.17. The van der Waals surface area contributed by atoms with Crippen molar-refractivity contribution in [1.82, 2.24) is 30.0 Å². The van der Waals surface area contributed by atoms with Crippen LogP contribution in [0.3, 0.4) is 0 Å². The number of aromatic nitrogens is 4. The van der Waals surface area contributed by atoms with Crippen LogP contribution in [0.2, 0.25) is 0 Å². The first-order valence-corrected chi connectivity index (χ1v) is 9.87. The Balaban J connectivity index is 1.41. The van der Waals surface area contributed by atoms with E-state index < -0.39 is 0 Å². The molecule has 26 heavy (non-hydrogen) atoms. The van der Waals surface area contributed by atoms with Crippen molar-refractivity contribution in [3.05, 3.63) is 28.2 Å². The lowest BCUT2D eigenvalue weighted by molar-refractivity contribution is -0.140. The Hall–Kier alpha value is -2.29. The van der Waals surface area contributed by atoms with E-state index in [1.807, 2.05) is 22.1 Å². The van der Waals surface area contributed by atoms with E-state index in [1.54, 1.807) is 5.51 Å². The van der Waals surface area contributed by atoms with Gasteiger partial charge in [0.25, 0.3) is 0 Å². The number of nitrogens with zero attached hydrogens (tertiary/aromatic N) is 5. The lowest BCUT2D eigenvalue weighted by atomic mass is 9.94. The van der Waals surface area contributed by atoms with E-state index in [1.165, 1.54) is 11.3 Å². The summed E-state index contributed by atoms with van der Waals surface area (Å²) >= 11 is 1.54. The Labute approximate surface area is 155 Å². The summed E-state index contributed by atoms with van der Waals surface area (Å²) < 4.78 is 0. The molecule has 5 heterocycles. The summed E-state index contributed by atoms with van der Waals surface area (Å²) in [7, 11) is 0. The molecule has 0 aliphatic carbocycles. The molecular formula is C17H22N6O2S. The van der Waals surface area contributed by atoms with Gasteiger partial charge < -0.3 is 9.80 Å². The Morgan fingerprint density at radius 3 is 3.00 bits per heavy atom. The highest BCUT2D eigenvalue weighted by Gasteiger charge is 2.41. The largest absolute Gasteiger partial charge is 0.340 e. The summed E-state index contributed by atoms with van der Waals surface area (Å²) in [6.07, 6.45) is 2.70. The average Bonchev–Trinajstić information content (AvgIpc) is 3.21. The maximum absolute atomic E-state index is 12.8. The number of hydrogen-bond acceptors (Lipinski definition) is 6. The van der Waals surface area contributed by atoms with Gasteiger partial charge in [-0.05, 0) is 19.8 Å². The van der Waals surface area contributed by atoms with Crippen LogP contribution < -0.4 is 0 Å². The van der Waals surface area contributed by atoms with Gasteiger partial charge in [0.1, 0.15) is 5.82 Å². The van der Waals surface area contributed by atoms with Crippen molar-refractivity contribution in [3.8, 4) is 0 Å². The van der Waals surface area contributed by atoms with Crippen molar-refractivity contribution < 1.29 is 9.59 Å². The van der Waals surface area contributed by atoms with Gasteiger partial charge in [0.2, 0.25) is 11.8 Å². The molecule has 9 heteroatoms. The second-order valence-corrected chi connectivity index (χ2v) is 7.73. The smallest absolute Gasteiger partial charge is 0.228 e. The maximum Gasteiger partial charge on any atom is 0.228 e. The van der Waals surface area contributed by atoms with Crippen molar-refractivity contribution in [2.45, 2.75) is 45.2 Å². The number of thiazole rings is 1. The summed E-state index contributed by atoms with van der Waals surface area (Å²) in [4.78, 5) is 37.9. The van der Waals surface area contributed by atoms with Crippen LogP contribution in [0.5, 0.6) is 0 Å². The molecule has 3 fully saturated rings. The van der Waals surface area contributed by atoms with Crippen LogP contribution >= 0.6 is 11.3 Å². The van der Waals surface area contributed by atoms with Gasteiger partial charge in [0.15, 0.2) is 5.82 Å². The van der Waals surface area contributed by atoms with Gasteiger partial charge in [-0.1, -0.05) is 0 Å². The quantitative estimate of drug-likeness (QED) is 0.847. The SMILES string of the molecule is Cc1nc(CCC(=O)N2C[C@@H]3CC[C@H](C2)N(Cc2cscn2)C3=O)n[nH]1. The number of rotatable bonds is 5. The van der Waals surface area contributed by atoms with Gasteiger partial charge in [-0.3, -0.25) is 14.7 Å². The van der Waals surface area contributed by atoms with Crippen LogP contribution in [0.25, 0.3) is 0 Å². The zero-order chi connectivity index (χ0) is 18.1. The zero-order valence-corrected chi connectivity index (χ0v) is 15.5. The number of hydrogen-bond donors (Lipinski definition) is 1. The van der Waals surface area contributed by atoms with Gasteiger partial charge in [0.05, 0.1) is 23.7 Å². The number of carbonyl (C=O) groups excluding carboxylic acids is 2. The van der Waals surface area contributed by atoms with Crippen LogP contribution in [0.4, 0.5) is 0 Å². The predicted molar refractivity (Wildman–Crippen MR) is 95.2 cm³/mol. The topological polar surface area (TPSA) is 95.1 Å². The molecule has 0 aromatic carbocycles. The summed E-state index contributed by atoms with van der Waals surface area (Å²) in [5.41, 5.74) is 2.71. The fourth-order valence-electron chi connectivity index (χ4n) is 3.82. The number of nitrogens with one attached hydrogen (secondary N) is 1. The van der Waals surface area contributed by atoms with Gasteiger partial charge >= 0.3 is 0 Å². The second kappa shape index (κ2) is 7.14. The van der Waals surface area contributed by atoms with Crippen LogP contribution in [0, 0.1) is 12.8 Å². The zero-order valence-electron chi connectivity index (χ0n) is 14.7. The molecule has 5 rings (SSSR count). The average molecular weight is 374 g/mol. The molecule has 0 saturated carbocycles. The van der Waals surface area contributed by atoms with Crippen LogP contribution in [-0.4, -0.2) is 60.9 Å². The van der Waals surface area contributed by atoms with E-state index in [9.17, 15) is 9.59 Å². The number of aryl methyl sites for hydroxylation is 2. The Bertz CT molecular complexity index is 789. The molecule has 3 saturated heterocycles. The van der Waals surface area contributed by atoms with E-state index in [0.717, 1.165) is 24.4 Å². The fourth-order valence-corrected chi connectivity index (χ4v) is 4.37. The van der Waals surface area contributed by atoms with Crippen molar-refractivity contribution in [2.75, 3.05) is 13.1 Å². The minimum Gasteiger partial charge on any atom is -0.340 e. The molecule has 8 nitrogen and oxygen atoms in total. The van der Waals surface area contributed by atoms with E-state index in [0.29, 0.717) is 38.3 Å². The number of piperidine rings is 1.